The first-order valence-electron chi connectivity index (χ1n) is 5.15. The Morgan fingerprint density at radius 2 is 2.24 bits per heavy atom. The molecule has 0 aliphatic carbocycles. The molecule has 2 rings (SSSR count). The van der Waals surface area contributed by atoms with Gasteiger partial charge in [0, 0.05) is 23.0 Å². The van der Waals surface area contributed by atoms with Crippen molar-refractivity contribution in [1.82, 2.24) is 9.78 Å². The number of benzene rings is 1. The van der Waals surface area contributed by atoms with Crippen molar-refractivity contribution in [3.8, 4) is 11.1 Å². The van der Waals surface area contributed by atoms with Gasteiger partial charge in [-0.25, -0.2) is 0 Å². The molecule has 0 spiro atoms. The van der Waals surface area contributed by atoms with Crippen molar-refractivity contribution in [3.63, 3.8) is 0 Å². The van der Waals surface area contributed by atoms with Gasteiger partial charge in [0.25, 0.3) is 0 Å². The van der Waals surface area contributed by atoms with Gasteiger partial charge in [-0.15, -0.1) is 0 Å². The molecule has 0 aliphatic rings. The summed E-state index contributed by atoms with van der Waals surface area (Å²) in [4.78, 5) is 11.1. The van der Waals surface area contributed by atoms with Gasteiger partial charge in [-0.3, -0.25) is 9.48 Å². The molecule has 1 heterocycles. The molecular formula is C12H13N3O2. The first kappa shape index (κ1) is 11.2. The second-order valence-electron chi connectivity index (χ2n) is 3.59. The van der Waals surface area contributed by atoms with Crippen LogP contribution in [0.5, 0.6) is 0 Å². The van der Waals surface area contributed by atoms with E-state index < -0.39 is 0 Å². The number of carbonyl (C=O) groups excluding carboxylic acids is 1. The molecule has 0 bridgehead atoms. The smallest absolute Gasteiger partial charge is 0.327 e. The van der Waals surface area contributed by atoms with E-state index in [0.717, 1.165) is 11.1 Å². The molecule has 2 N–H and O–H groups in total. The van der Waals surface area contributed by atoms with Gasteiger partial charge in [0.15, 0.2) is 0 Å². The predicted molar refractivity (Wildman–Crippen MR) is 64.1 cm³/mol. The van der Waals surface area contributed by atoms with Gasteiger partial charge >= 0.3 is 5.97 Å². The molecule has 5 heteroatoms. The number of aromatic nitrogens is 2. The van der Waals surface area contributed by atoms with Gasteiger partial charge in [-0.05, 0) is 6.07 Å². The van der Waals surface area contributed by atoms with Crippen LogP contribution in [0.15, 0.2) is 36.7 Å². The monoisotopic (exact) mass is 231 g/mol. The molecule has 1 aromatic heterocycles. The van der Waals surface area contributed by atoms with Crippen LogP contribution in [0.4, 0.5) is 5.69 Å². The fourth-order valence-electron chi connectivity index (χ4n) is 1.55. The Bertz CT molecular complexity index is 534. The Kier molecular flexibility index (Phi) is 3.09. The second kappa shape index (κ2) is 4.69. The minimum absolute atomic E-state index is 0.100. The van der Waals surface area contributed by atoms with Crippen LogP contribution in [0, 0.1) is 0 Å². The lowest BCUT2D eigenvalue weighted by atomic mass is 10.1. The summed E-state index contributed by atoms with van der Waals surface area (Å²) in [5.41, 5.74) is 8.33. The Balaban J connectivity index is 2.24. The molecule has 17 heavy (non-hydrogen) atoms. The van der Waals surface area contributed by atoms with Crippen LogP contribution in [0.2, 0.25) is 0 Å². The van der Waals surface area contributed by atoms with Crippen LogP contribution < -0.4 is 5.73 Å². The SMILES string of the molecule is COC(=O)Cn1cc(-c2ccccc2N)cn1. The lowest BCUT2D eigenvalue weighted by molar-refractivity contribution is -0.141. The molecule has 0 saturated carbocycles. The van der Waals surface area contributed by atoms with Gasteiger partial charge in [-0.2, -0.15) is 5.10 Å². The lowest BCUT2D eigenvalue weighted by Crippen LogP contribution is -2.11. The summed E-state index contributed by atoms with van der Waals surface area (Å²) >= 11 is 0. The standard InChI is InChI=1S/C12H13N3O2/c1-17-12(16)8-15-7-9(6-14-15)10-4-2-3-5-11(10)13/h2-7H,8,13H2,1H3. The predicted octanol–water partition coefficient (Wildman–Crippen LogP) is 1.31. The number of esters is 1. The highest BCUT2D eigenvalue weighted by molar-refractivity contribution is 5.75. The van der Waals surface area contributed by atoms with E-state index in [0.29, 0.717) is 5.69 Å². The molecule has 0 atom stereocenters. The van der Waals surface area contributed by atoms with Crippen molar-refractivity contribution >= 4 is 11.7 Å². The molecule has 5 nitrogen and oxygen atoms in total. The molecule has 0 aliphatic heterocycles. The van der Waals surface area contributed by atoms with E-state index in [-0.39, 0.29) is 12.5 Å². The van der Waals surface area contributed by atoms with Crippen LogP contribution >= 0.6 is 0 Å². The van der Waals surface area contributed by atoms with Crippen molar-refractivity contribution in [3.05, 3.63) is 36.7 Å². The van der Waals surface area contributed by atoms with Crippen LogP contribution in [-0.2, 0) is 16.1 Å². The quantitative estimate of drug-likeness (QED) is 0.638. The molecule has 1 aromatic carbocycles. The average molecular weight is 231 g/mol. The highest BCUT2D eigenvalue weighted by Crippen LogP contribution is 2.24. The van der Waals surface area contributed by atoms with Gasteiger partial charge in [-0.1, -0.05) is 18.2 Å². The summed E-state index contributed by atoms with van der Waals surface area (Å²) in [6.07, 6.45) is 3.44. The number of ether oxygens (including phenoxy) is 1. The largest absolute Gasteiger partial charge is 0.468 e. The van der Waals surface area contributed by atoms with E-state index in [1.165, 1.54) is 11.8 Å². The normalized spacial score (nSPS) is 10.2. The Hall–Kier alpha value is -2.30. The van der Waals surface area contributed by atoms with Crippen LogP contribution in [0.3, 0.4) is 0 Å². The summed E-state index contributed by atoms with van der Waals surface area (Å²) in [7, 11) is 1.35. The summed E-state index contributed by atoms with van der Waals surface area (Å²) in [6.45, 7) is 0.100. The van der Waals surface area contributed by atoms with Crippen LogP contribution in [-0.4, -0.2) is 22.9 Å². The van der Waals surface area contributed by atoms with Crippen molar-refractivity contribution in [1.29, 1.82) is 0 Å². The number of hydrogen-bond donors (Lipinski definition) is 1. The highest BCUT2D eigenvalue weighted by atomic mass is 16.5. The van der Waals surface area contributed by atoms with Crippen molar-refractivity contribution in [2.45, 2.75) is 6.54 Å². The number of nitrogens with zero attached hydrogens (tertiary/aromatic N) is 2. The number of hydrogen-bond acceptors (Lipinski definition) is 4. The molecule has 2 aromatic rings. The number of anilines is 1. The average Bonchev–Trinajstić information content (AvgIpc) is 2.78. The fraction of sp³-hybridized carbons (Fsp3) is 0.167. The summed E-state index contributed by atoms with van der Waals surface area (Å²) in [6, 6.07) is 7.52. The molecule has 0 radical (unpaired) electrons. The maximum Gasteiger partial charge on any atom is 0.327 e. The zero-order valence-corrected chi connectivity index (χ0v) is 9.46. The van der Waals surface area contributed by atoms with E-state index in [4.69, 9.17) is 5.73 Å². The Morgan fingerprint density at radius 3 is 2.94 bits per heavy atom. The topological polar surface area (TPSA) is 70.1 Å². The van der Waals surface area contributed by atoms with E-state index in [1.807, 2.05) is 24.3 Å². The summed E-state index contributed by atoms with van der Waals surface area (Å²) in [5.74, 6) is -0.333. The zero-order valence-electron chi connectivity index (χ0n) is 9.46. The number of rotatable bonds is 3. The van der Waals surface area contributed by atoms with Gasteiger partial charge < -0.3 is 10.5 Å². The first-order chi connectivity index (χ1) is 8.20. The zero-order chi connectivity index (χ0) is 12.3. The fourth-order valence-corrected chi connectivity index (χ4v) is 1.55. The van der Waals surface area contributed by atoms with Crippen molar-refractivity contribution in [2.24, 2.45) is 0 Å². The number of nitrogens with two attached hydrogens (primary N) is 1. The molecule has 88 valence electrons. The third kappa shape index (κ3) is 2.44. The lowest BCUT2D eigenvalue weighted by Gasteiger charge is -2.01. The second-order valence-corrected chi connectivity index (χ2v) is 3.59. The summed E-state index contributed by atoms with van der Waals surface area (Å²) < 4.78 is 6.09. The maximum atomic E-state index is 11.1. The first-order valence-corrected chi connectivity index (χ1v) is 5.15. The van der Waals surface area contributed by atoms with E-state index in [2.05, 4.69) is 9.84 Å². The van der Waals surface area contributed by atoms with Gasteiger partial charge in [0.2, 0.25) is 0 Å². The van der Waals surface area contributed by atoms with Crippen LogP contribution in [0.25, 0.3) is 11.1 Å². The molecule has 0 saturated heterocycles. The van der Waals surface area contributed by atoms with E-state index in [1.54, 1.807) is 12.4 Å². The van der Waals surface area contributed by atoms with Crippen LogP contribution in [0.1, 0.15) is 0 Å². The third-order valence-electron chi connectivity index (χ3n) is 2.42. The molecule has 0 fully saturated rings. The Morgan fingerprint density at radius 1 is 1.47 bits per heavy atom. The number of nitrogen functional groups attached to an aromatic ring is 1. The minimum atomic E-state index is -0.333. The number of para-hydroxylation sites is 1. The molecular weight excluding hydrogens is 218 g/mol. The number of carbonyl (C=O) groups is 1. The van der Waals surface area contributed by atoms with Crippen molar-refractivity contribution < 1.29 is 9.53 Å². The van der Waals surface area contributed by atoms with Gasteiger partial charge in [0.1, 0.15) is 6.54 Å². The molecule has 0 unspecified atom stereocenters. The Labute approximate surface area is 98.8 Å². The van der Waals surface area contributed by atoms with Crippen molar-refractivity contribution in [2.75, 3.05) is 12.8 Å². The number of methoxy groups -OCH3 is 1. The van der Waals surface area contributed by atoms with Gasteiger partial charge in [0.05, 0.1) is 13.3 Å². The maximum absolute atomic E-state index is 11.1. The summed E-state index contributed by atoms with van der Waals surface area (Å²) in [5, 5.41) is 4.08. The van der Waals surface area contributed by atoms with E-state index >= 15 is 0 Å². The third-order valence-corrected chi connectivity index (χ3v) is 2.42. The minimum Gasteiger partial charge on any atom is -0.468 e. The highest BCUT2D eigenvalue weighted by Gasteiger charge is 2.07. The molecule has 0 amide bonds. The van der Waals surface area contributed by atoms with E-state index in [9.17, 15) is 4.79 Å².